The first-order valence-corrected chi connectivity index (χ1v) is 6.27. The van der Waals surface area contributed by atoms with E-state index in [4.69, 9.17) is 14.3 Å². The van der Waals surface area contributed by atoms with E-state index >= 15 is 0 Å². The van der Waals surface area contributed by atoms with Crippen LogP contribution >= 0.6 is 0 Å². The lowest BCUT2D eigenvalue weighted by Gasteiger charge is -2.01. The van der Waals surface area contributed by atoms with Crippen LogP contribution in [0.4, 0.5) is 0 Å². The first-order valence-electron chi connectivity index (χ1n) is 4.78. The Morgan fingerprint density at radius 2 is 2.38 bits per heavy atom. The fraction of sp³-hybridized carbons (Fsp3) is 0.500. The quantitative estimate of drug-likeness (QED) is 0.733. The number of carboxylic acid groups (broad SMARTS) is 1. The molecular formula is C10H14O5S. The molecule has 1 heterocycles. The normalized spacial score (nSPS) is 12.6. The van der Waals surface area contributed by atoms with Crippen LogP contribution in [0.3, 0.4) is 0 Å². The molecule has 0 fully saturated rings. The van der Waals surface area contributed by atoms with E-state index in [9.17, 15) is 9.00 Å². The van der Waals surface area contributed by atoms with Crippen molar-refractivity contribution < 1.29 is 23.3 Å². The van der Waals surface area contributed by atoms with Gasteiger partial charge in [0.05, 0.1) is 12.0 Å². The molecule has 16 heavy (non-hydrogen) atoms. The molecule has 90 valence electrons. The van der Waals surface area contributed by atoms with Gasteiger partial charge in [-0.1, -0.05) is 0 Å². The first-order chi connectivity index (χ1) is 7.65. The van der Waals surface area contributed by atoms with E-state index in [0.717, 1.165) is 0 Å². The van der Waals surface area contributed by atoms with Crippen LogP contribution in [0.2, 0.25) is 0 Å². The lowest BCUT2D eigenvalue weighted by Crippen LogP contribution is -2.06. The van der Waals surface area contributed by atoms with Gasteiger partial charge in [-0.25, -0.2) is 4.79 Å². The molecule has 1 aromatic rings. The minimum Gasteiger partial charge on any atom is -0.478 e. The van der Waals surface area contributed by atoms with E-state index in [1.165, 1.54) is 12.3 Å². The van der Waals surface area contributed by atoms with Crippen LogP contribution in [0, 0.1) is 0 Å². The lowest BCUT2D eigenvalue weighted by atomic mass is 10.3. The fourth-order valence-corrected chi connectivity index (χ4v) is 2.33. The van der Waals surface area contributed by atoms with Crippen molar-refractivity contribution in [2.45, 2.75) is 12.2 Å². The van der Waals surface area contributed by atoms with Crippen LogP contribution in [0.25, 0.3) is 0 Å². The summed E-state index contributed by atoms with van der Waals surface area (Å²) in [5, 5.41) is 8.80. The summed E-state index contributed by atoms with van der Waals surface area (Å²) >= 11 is 0. The van der Waals surface area contributed by atoms with E-state index in [2.05, 4.69) is 0 Å². The van der Waals surface area contributed by atoms with E-state index in [-0.39, 0.29) is 17.1 Å². The van der Waals surface area contributed by atoms with E-state index < -0.39 is 16.8 Å². The highest BCUT2D eigenvalue weighted by atomic mass is 32.2. The van der Waals surface area contributed by atoms with Crippen LogP contribution < -0.4 is 0 Å². The Kier molecular flexibility index (Phi) is 5.21. The van der Waals surface area contributed by atoms with Crippen LogP contribution in [0.1, 0.15) is 22.5 Å². The summed E-state index contributed by atoms with van der Waals surface area (Å²) in [6.45, 7) is 0.551. The first kappa shape index (κ1) is 12.9. The summed E-state index contributed by atoms with van der Waals surface area (Å²) in [6, 6.07) is 1.37. The van der Waals surface area contributed by atoms with Crippen LogP contribution in [-0.2, 0) is 21.3 Å². The minimum atomic E-state index is -1.11. The minimum absolute atomic E-state index is 0.0834. The summed E-state index contributed by atoms with van der Waals surface area (Å²) in [7, 11) is 0.467. The van der Waals surface area contributed by atoms with E-state index in [0.29, 0.717) is 18.8 Å². The number of carbonyl (C=O) groups is 1. The van der Waals surface area contributed by atoms with Crippen LogP contribution in [0.5, 0.6) is 0 Å². The Balaban J connectivity index is 2.49. The third-order valence-corrected chi connectivity index (χ3v) is 3.32. The van der Waals surface area contributed by atoms with Crippen molar-refractivity contribution in [1.82, 2.24) is 0 Å². The number of hydrogen-bond acceptors (Lipinski definition) is 4. The van der Waals surface area contributed by atoms with Gasteiger partial charge in [-0.3, -0.25) is 4.21 Å². The average molecular weight is 246 g/mol. The SMILES string of the molecule is COCCCS(=O)Cc1occc1C(=O)O. The van der Waals surface area contributed by atoms with Gasteiger partial charge in [0.15, 0.2) is 0 Å². The number of methoxy groups -OCH3 is 1. The molecule has 0 spiro atoms. The van der Waals surface area contributed by atoms with Gasteiger partial charge >= 0.3 is 5.97 Å². The molecule has 0 saturated carbocycles. The van der Waals surface area contributed by atoms with E-state index in [1.807, 2.05) is 0 Å². The molecular weight excluding hydrogens is 232 g/mol. The summed E-state index contributed by atoms with van der Waals surface area (Å²) in [6.07, 6.45) is 1.98. The molecule has 0 aromatic carbocycles. The van der Waals surface area contributed by atoms with Crippen LogP contribution in [0.15, 0.2) is 16.7 Å². The summed E-state index contributed by atoms with van der Waals surface area (Å²) in [5.74, 6) is -0.174. The molecule has 5 nitrogen and oxygen atoms in total. The van der Waals surface area contributed by atoms with Crippen molar-refractivity contribution in [3.8, 4) is 0 Å². The Labute approximate surface area is 95.9 Å². The largest absolute Gasteiger partial charge is 0.478 e. The maximum Gasteiger partial charge on any atom is 0.339 e. The van der Waals surface area contributed by atoms with Gasteiger partial charge in [-0.05, 0) is 12.5 Å². The fourth-order valence-electron chi connectivity index (χ4n) is 1.23. The van der Waals surface area contributed by atoms with Crippen LogP contribution in [-0.4, -0.2) is 34.8 Å². The number of aromatic carboxylic acids is 1. The highest BCUT2D eigenvalue weighted by Crippen LogP contribution is 2.13. The molecule has 0 aliphatic rings. The molecule has 1 rings (SSSR count). The molecule has 0 saturated heterocycles. The number of hydrogen-bond donors (Lipinski definition) is 1. The predicted octanol–water partition coefficient (Wildman–Crippen LogP) is 1.26. The Morgan fingerprint density at radius 1 is 1.62 bits per heavy atom. The van der Waals surface area contributed by atoms with Gasteiger partial charge in [0.1, 0.15) is 11.3 Å². The third-order valence-electron chi connectivity index (χ3n) is 1.99. The monoisotopic (exact) mass is 246 g/mol. The van der Waals surface area contributed by atoms with Crippen molar-refractivity contribution in [2.75, 3.05) is 19.5 Å². The molecule has 1 atom stereocenters. The average Bonchev–Trinajstić information content (AvgIpc) is 2.66. The van der Waals surface area contributed by atoms with Crippen molar-refractivity contribution in [2.24, 2.45) is 0 Å². The maximum atomic E-state index is 11.6. The molecule has 0 aliphatic heterocycles. The molecule has 0 amide bonds. The van der Waals surface area contributed by atoms with Gasteiger partial charge in [0.2, 0.25) is 0 Å². The number of furan rings is 1. The molecule has 0 aliphatic carbocycles. The predicted molar refractivity (Wildman–Crippen MR) is 58.9 cm³/mol. The van der Waals surface area contributed by atoms with Gasteiger partial charge in [0.25, 0.3) is 0 Å². The maximum absolute atomic E-state index is 11.6. The van der Waals surface area contributed by atoms with Gasteiger partial charge in [-0.15, -0.1) is 0 Å². The number of ether oxygens (including phenoxy) is 1. The topological polar surface area (TPSA) is 76.7 Å². The Morgan fingerprint density at radius 3 is 3.00 bits per heavy atom. The van der Waals surface area contributed by atoms with E-state index in [1.54, 1.807) is 7.11 Å². The smallest absolute Gasteiger partial charge is 0.339 e. The van der Waals surface area contributed by atoms with Gasteiger partial charge in [-0.2, -0.15) is 0 Å². The molecule has 6 heteroatoms. The Hall–Kier alpha value is -1.14. The Bertz CT molecular complexity index is 371. The van der Waals surface area contributed by atoms with Crippen molar-refractivity contribution in [3.63, 3.8) is 0 Å². The number of carboxylic acids is 1. The second-order valence-corrected chi connectivity index (χ2v) is 4.77. The third kappa shape index (κ3) is 3.79. The highest BCUT2D eigenvalue weighted by molar-refractivity contribution is 7.84. The highest BCUT2D eigenvalue weighted by Gasteiger charge is 2.15. The number of rotatable bonds is 7. The van der Waals surface area contributed by atoms with Gasteiger partial charge < -0.3 is 14.3 Å². The standard InChI is InChI=1S/C10H14O5S/c1-14-4-2-6-16(13)7-9-8(10(11)12)3-5-15-9/h3,5H,2,4,6-7H2,1H3,(H,11,12). The van der Waals surface area contributed by atoms with Crippen molar-refractivity contribution in [1.29, 1.82) is 0 Å². The zero-order valence-electron chi connectivity index (χ0n) is 8.97. The molecule has 1 unspecified atom stereocenters. The zero-order valence-corrected chi connectivity index (χ0v) is 9.79. The van der Waals surface area contributed by atoms with Gasteiger partial charge in [0, 0.05) is 30.3 Å². The summed E-state index contributed by atoms with van der Waals surface area (Å²) < 4.78 is 21.4. The molecule has 1 N–H and O–H groups in total. The molecule has 1 aromatic heterocycles. The van der Waals surface area contributed by atoms with Crippen molar-refractivity contribution in [3.05, 3.63) is 23.7 Å². The van der Waals surface area contributed by atoms with Crippen molar-refractivity contribution >= 4 is 16.8 Å². The second kappa shape index (κ2) is 6.44. The summed E-state index contributed by atoms with van der Waals surface area (Å²) in [5.41, 5.74) is 0.0834. The zero-order chi connectivity index (χ0) is 12.0. The summed E-state index contributed by atoms with van der Waals surface area (Å²) in [4.78, 5) is 10.7. The molecule has 0 bridgehead atoms. The lowest BCUT2D eigenvalue weighted by molar-refractivity contribution is 0.0695. The second-order valence-electron chi connectivity index (χ2n) is 3.20. The molecule has 0 radical (unpaired) electrons.